The van der Waals surface area contributed by atoms with Gasteiger partial charge in [-0.05, 0) is 44.2 Å². The molecule has 21 heavy (non-hydrogen) atoms. The molecule has 3 heteroatoms. The van der Waals surface area contributed by atoms with Crippen molar-refractivity contribution in [2.24, 2.45) is 0 Å². The Morgan fingerprint density at radius 1 is 1.19 bits per heavy atom. The van der Waals surface area contributed by atoms with E-state index >= 15 is 0 Å². The summed E-state index contributed by atoms with van der Waals surface area (Å²) in [6, 6.07) is 12.8. The molecular weight excluding hydrogens is 260 g/mol. The van der Waals surface area contributed by atoms with Crippen molar-refractivity contribution in [3.63, 3.8) is 0 Å². The van der Waals surface area contributed by atoms with E-state index in [1.54, 1.807) is 0 Å². The van der Waals surface area contributed by atoms with E-state index < -0.39 is 0 Å². The SMILES string of the molecule is CCNC(c1ccc2cccnc2c1)c1cc(C)oc1C. The van der Waals surface area contributed by atoms with Gasteiger partial charge in [0.1, 0.15) is 11.5 Å². The van der Waals surface area contributed by atoms with Crippen molar-refractivity contribution < 1.29 is 4.42 Å². The second-order valence-corrected chi connectivity index (χ2v) is 5.31. The highest BCUT2D eigenvalue weighted by molar-refractivity contribution is 5.79. The molecule has 1 unspecified atom stereocenters. The number of aromatic nitrogens is 1. The minimum Gasteiger partial charge on any atom is -0.466 e. The normalized spacial score (nSPS) is 12.7. The number of fused-ring (bicyclic) bond motifs is 1. The average Bonchev–Trinajstić information content (AvgIpc) is 2.83. The lowest BCUT2D eigenvalue weighted by Crippen LogP contribution is -2.22. The summed E-state index contributed by atoms with van der Waals surface area (Å²) < 4.78 is 5.70. The van der Waals surface area contributed by atoms with Gasteiger partial charge in [-0.15, -0.1) is 0 Å². The first-order chi connectivity index (χ1) is 10.2. The molecule has 3 nitrogen and oxygen atoms in total. The molecular formula is C18H20N2O. The molecule has 3 aromatic rings. The van der Waals surface area contributed by atoms with Crippen LogP contribution in [0.5, 0.6) is 0 Å². The standard InChI is InChI=1S/C18H20N2O/c1-4-19-18(16-10-12(2)21-13(16)3)15-8-7-14-6-5-9-20-17(14)11-15/h5-11,18-19H,4H2,1-3H3. The summed E-state index contributed by atoms with van der Waals surface area (Å²) in [7, 11) is 0. The van der Waals surface area contributed by atoms with Crippen molar-refractivity contribution >= 4 is 10.9 Å². The Balaban J connectivity index is 2.08. The fourth-order valence-corrected chi connectivity index (χ4v) is 2.81. The van der Waals surface area contributed by atoms with Gasteiger partial charge in [0.25, 0.3) is 0 Å². The first kappa shape index (κ1) is 13.8. The number of hydrogen-bond acceptors (Lipinski definition) is 3. The topological polar surface area (TPSA) is 38.1 Å². The lowest BCUT2D eigenvalue weighted by Gasteiger charge is -2.18. The number of furan rings is 1. The third kappa shape index (κ3) is 2.69. The number of pyridine rings is 1. The number of nitrogens with zero attached hydrogens (tertiary/aromatic N) is 1. The molecule has 1 aromatic carbocycles. The highest BCUT2D eigenvalue weighted by Crippen LogP contribution is 2.29. The zero-order chi connectivity index (χ0) is 14.8. The van der Waals surface area contributed by atoms with Crippen molar-refractivity contribution in [3.8, 4) is 0 Å². The molecule has 0 aliphatic carbocycles. The van der Waals surface area contributed by atoms with Gasteiger partial charge >= 0.3 is 0 Å². The van der Waals surface area contributed by atoms with Crippen molar-refractivity contribution in [1.82, 2.24) is 10.3 Å². The van der Waals surface area contributed by atoms with Gasteiger partial charge in [0.2, 0.25) is 0 Å². The Morgan fingerprint density at radius 2 is 2.05 bits per heavy atom. The molecule has 0 aliphatic heterocycles. The molecule has 1 N–H and O–H groups in total. The van der Waals surface area contributed by atoms with E-state index in [0.29, 0.717) is 0 Å². The molecule has 3 rings (SSSR count). The first-order valence-electron chi connectivity index (χ1n) is 7.34. The molecule has 0 saturated heterocycles. The van der Waals surface area contributed by atoms with Crippen LogP contribution in [0.4, 0.5) is 0 Å². The van der Waals surface area contributed by atoms with E-state index in [1.807, 2.05) is 26.1 Å². The number of rotatable bonds is 4. The van der Waals surface area contributed by atoms with Crippen molar-refractivity contribution in [2.75, 3.05) is 6.54 Å². The van der Waals surface area contributed by atoms with Crippen LogP contribution in [0.1, 0.15) is 35.6 Å². The third-order valence-electron chi connectivity index (χ3n) is 3.76. The summed E-state index contributed by atoms with van der Waals surface area (Å²) in [6.07, 6.45) is 1.83. The Kier molecular flexibility index (Phi) is 3.76. The van der Waals surface area contributed by atoms with Crippen molar-refractivity contribution in [2.45, 2.75) is 26.8 Å². The van der Waals surface area contributed by atoms with E-state index in [9.17, 15) is 0 Å². The molecule has 2 aromatic heterocycles. The second-order valence-electron chi connectivity index (χ2n) is 5.31. The molecule has 0 fully saturated rings. The lowest BCUT2D eigenvalue weighted by molar-refractivity contribution is 0.495. The molecule has 0 spiro atoms. The Bertz CT molecular complexity index is 761. The van der Waals surface area contributed by atoms with Gasteiger partial charge in [-0.1, -0.05) is 25.1 Å². The monoisotopic (exact) mass is 280 g/mol. The van der Waals surface area contributed by atoms with Crippen LogP contribution in [0.2, 0.25) is 0 Å². The van der Waals surface area contributed by atoms with Gasteiger partial charge in [-0.25, -0.2) is 0 Å². The Labute approximate surface area is 125 Å². The zero-order valence-electron chi connectivity index (χ0n) is 12.7. The summed E-state index contributed by atoms with van der Waals surface area (Å²) in [5.41, 5.74) is 3.44. The van der Waals surface area contributed by atoms with Crippen molar-refractivity contribution in [3.05, 3.63) is 65.2 Å². The van der Waals surface area contributed by atoms with E-state index in [4.69, 9.17) is 4.42 Å². The maximum Gasteiger partial charge on any atom is 0.106 e. The summed E-state index contributed by atoms with van der Waals surface area (Å²) >= 11 is 0. The Hall–Kier alpha value is -2.13. The molecule has 2 heterocycles. The van der Waals surface area contributed by atoms with Gasteiger partial charge in [0, 0.05) is 17.1 Å². The summed E-state index contributed by atoms with van der Waals surface area (Å²) in [6.45, 7) is 7.02. The predicted octanol–water partition coefficient (Wildman–Crippen LogP) is 4.14. The summed E-state index contributed by atoms with van der Waals surface area (Å²) in [5, 5.41) is 4.71. The van der Waals surface area contributed by atoms with Crippen LogP contribution in [0.15, 0.2) is 47.0 Å². The molecule has 1 atom stereocenters. The molecule has 108 valence electrons. The van der Waals surface area contributed by atoms with E-state index in [1.165, 1.54) is 11.1 Å². The van der Waals surface area contributed by atoms with Crippen LogP contribution >= 0.6 is 0 Å². The van der Waals surface area contributed by atoms with Crippen LogP contribution in [0.25, 0.3) is 10.9 Å². The van der Waals surface area contributed by atoms with E-state index in [2.05, 4.69) is 47.6 Å². The molecule has 0 bridgehead atoms. The second kappa shape index (κ2) is 5.70. The maximum absolute atomic E-state index is 5.70. The minimum absolute atomic E-state index is 0.138. The predicted molar refractivity (Wildman–Crippen MR) is 85.4 cm³/mol. The fraction of sp³-hybridized carbons (Fsp3) is 0.278. The van der Waals surface area contributed by atoms with Crippen LogP contribution in [-0.2, 0) is 0 Å². The smallest absolute Gasteiger partial charge is 0.106 e. The average molecular weight is 280 g/mol. The Morgan fingerprint density at radius 3 is 2.76 bits per heavy atom. The molecule has 0 radical (unpaired) electrons. The summed E-state index contributed by atoms with van der Waals surface area (Å²) in [5.74, 6) is 1.92. The third-order valence-corrected chi connectivity index (χ3v) is 3.76. The van der Waals surface area contributed by atoms with E-state index in [-0.39, 0.29) is 6.04 Å². The fourth-order valence-electron chi connectivity index (χ4n) is 2.81. The quantitative estimate of drug-likeness (QED) is 0.780. The zero-order valence-corrected chi connectivity index (χ0v) is 12.7. The van der Waals surface area contributed by atoms with Gasteiger partial charge < -0.3 is 9.73 Å². The van der Waals surface area contributed by atoms with Gasteiger partial charge in [0.05, 0.1) is 11.6 Å². The first-order valence-corrected chi connectivity index (χ1v) is 7.34. The minimum atomic E-state index is 0.138. The summed E-state index contributed by atoms with van der Waals surface area (Å²) in [4.78, 5) is 4.45. The molecule has 0 aliphatic rings. The number of aryl methyl sites for hydroxylation is 2. The maximum atomic E-state index is 5.70. The number of benzene rings is 1. The van der Waals surface area contributed by atoms with Crippen LogP contribution in [0, 0.1) is 13.8 Å². The molecule has 0 saturated carbocycles. The highest BCUT2D eigenvalue weighted by atomic mass is 16.3. The lowest BCUT2D eigenvalue weighted by atomic mass is 9.97. The number of hydrogen-bond donors (Lipinski definition) is 1. The van der Waals surface area contributed by atoms with Gasteiger partial charge in [-0.3, -0.25) is 4.98 Å². The number of nitrogens with one attached hydrogen (secondary N) is 1. The van der Waals surface area contributed by atoms with Crippen LogP contribution in [-0.4, -0.2) is 11.5 Å². The van der Waals surface area contributed by atoms with E-state index in [0.717, 1.165) is 29.0 Å². The van der Waals surface area contributed by atoms with Gasteiger partial charge in [-0.2, -0.15) is 0 Å². The molecule has 0 amide bonds. The highest BCUT2D eigenvalue weighted by Gasteiger charge is 2.18. The van der Waals surface area contributed by atoms with Gasteiger partial charge in [0.15, 0.2) is 0 Å². The largest absolute Gasteiger partial charge is 0.466 e. The van der Waals surface area contributed by atoms with Crippen LogP contribution < -0.4 is 5.32 Å². The van der Waals surface area contributed by atoms with Crippen LogP contribution in [0.3, 0.4) is 0 Å². The van der Waals surface area contributed by atoms with Crippen molar-refractivity contribution in [1.29, 1.82) is 0 Å².